The maximum atomic E-state index is 12.0. The van der Waals surface area contributed by atoms with Crippen LogP contribution in [0.2, 0.25) is 0 Å². The highest BCUT2D eigenvalue weighted by molar-refractivity contribution is 6.28. The van der Waals surface area contributed by atoms with Gasteiger partial charge in [0.1, 0.15) is 22.8 Å². The van der Waals surface area contributed by atoms with Crippen LogP contribution in [-0.2, 0) is 0 Å². The molecular weight excluding hydrogens is 849 g/mol. The molecule has 0 atom stereocenters. The Balaban J connectivity index is 1.27. The number of hydrogen-bond donors (Lipinski definition) is 0. The van der Waals surface area contributed by atoms with Crippen LogP contribution in [0, 0.1) is 17.9 Å². The van der Waals surface area contributed by atoms with Crippen LogP contribution in [0.4, 0.5) is 5.69 Å². The summed E-state index contributed by atoms with van der Waals surface area (Å²) in [5.41, 5.74) is 12.2. The molecule has 0 bridgehead atoms. The minimum atomic E-state index is 0.315. The van der Waals surface area contributed by atoms with Crippen molar-refractivity contribution >= 4 is 115 Å². The molecule has 7 nitrogen and oxygen atoms in total. The highest BCUT2D eigenvalue weighted by Gasteiger charge is 2.34. The molecule has 5 heterocycles. The van der Waals surface area contributed by atoms with E-state index in [4.69, 9.17) is 13.3 Å². The van der Waals surface area contributed by atoms with Gasteiger partial charge in [-0.2, -0.15) is 5.26 Å². The van der Waals surface area contributed by atoms with Crippen LogP contribution in [0.1, 0.15) is 5.56 Å². The molecule has 0 saturated heterocycles. The van der Waals surface area contributed by atoms with Gasteiger partial charge in [0.25, 0.3) is 0 Å². The summed E-state index contributed by atoms with van der Waals surface area (Å²) in [6, 6.07) is 68.4. The smallest absolute Gasteiger partial charge is 0.220 e. The average Bonchev–Trinajstić information content (AvgIpc) is 4.23. The maximum Gasteiger partial charge on any atom is 0.220 e. The summed E-state index contributed by atoms with van der Waals surface area (Å²) >= 11 is 0. The summed E-state index contributed by atoms with van der Waals surface area (Å²) in [6.45, 7) is 9.44. The van der Waals surface area contributed by atoms with E-state index in [9.17, 15) is 11.8 Å². The third-order valence-corrected chi connectivity index (χ3v) is 14.2. The van der Waals surface area contributed by atoms with Crippen molar-refractivity contribution < 1.29 is 13.3 Å². The summed E-state index contributed by atoms with van der Waals surface area (Å²) < 4.78 is 25.4. The fraction of sp³-hybridized carbons (Fsp3) is 0. The molecule has 0 aliphatic heterocycles. The Morgan fingerprint density at radius 2 is 0.768 bits per heavy atom. The van der Waals surface area contributed by atoms with Crippen molar-refractivity contribution in [3.8, 4) is 39.7 Å². The number of aromatic nitrogens is 2. The minimum Gasteiger partial charge on any atom is -0.454 e. The number of furan rings is 3. The summed E-state index contributed by atoms with van der Waals surface area (Å²) in [5.74, 6) is 0. The summed E-state index contributed by atoms with van der Waals surface area (Å²) in [6.07, 6.45) is 0. The Hall–Kier alpha value is -9.82. The molecule has 0 fully saturated rings. The first-order chi connectivity index (χ1) is 34.2. The van der Waals surface area contributed by atoms with Crippen molar-refractivity contribution in [3.63, 3.8) is 0 Å². The molecule has 0 amide bonds. The number of fused-ring (bicyclic) bond motifs is 18. The SMILES string of the molecule is [C-]#[N+]c1c(-c2ccccc2)c(C#N)c(-n2c3ccccc3c3ccc4c5ccccc5oc4c32)c(-c2ccccc2)c1-n1c2c(ccc3c4ccccc4oc32)c2ccc3c4ccccc4oc3c21. The maximum absolute atomic E-state index is 12.0. The van der Waals surface area contributed by atoms with Crippen LogP contribution in [-0.4, -0.2) is 9.13 Å². The van der Waals surface area contributed by atoms with Gasteiger partial charge in [-0.3, -0.25) is 0 Å². The molecule has 0 unspecified atom stereocenters. The van der Waals surface area contributed by atoms with Gasteiger partial charge in [-0.1, -0.05) is 152 Å². The normalized spacial score (nSPS) is 12.0. The molecule has 0 N–H and O–H groups in total. The Labute approximate surface area is 391 Å². The third-order valence-electron chi connectivity index (χ3n) is 14.2. The van der Waals surface area contributed by atoms with E-state index in [1.54, 1.807) is 0 Å². The third kappa shape index (κ3) is 4.92. The number of rotatable bonds is 4. The molecule has 69 heavy (non-hydrogen) atoms. The van der Waals surface area contributed by atoms with Gasteiger partial charge in [-0.15, -0.1) is 0 Å². The van der Waals surface area contributed by atoms with Gasteiger partial charge in [-0.25, -0.2) is 4.85 Å². The zero-order chi connectivity index (χ0) is 45.5. The van der Waals surface area contributed by atoms with Crippen molar-refractivity contribution in [1.29, 1.82) is 5.26 Å². The number of nitriles is 1. The Morgan fingerprint density at radius 3 is 1.25 bits per heavy atom. The summed E-state index contributed by atoms with van der Waals surface area (Å²) in [4.78, 5) is 4.57. The monoisotopic (exact) mass is 880 g/mol. The Kier molecular flexibility index (Phi) is 7.51. The molecule has 0 aliphatic carbocycles. The van der Waals surface area contributed by atoms with Gasteiger partial charge >= 0.3 is 0 Å². The predicted molar refractivity (Wildman–Crippen MR) is 279 cm³/mol. The lowest BCUT2D eigenvalue weighted by Crippen LogP contribution is -2.09. The Morgan fingerprint density at radius 1 is 0.377 bits per heavy atom. The van der Waals surface area contributed by atoms with Crippen molar-refractivity contribution in [2.45, 2.75) is 0 Å². The van der Waals surface area contributed by atoms with Crippen molar-refractivity contribution in [3.05, 3.63) is 211 Å². The lowest BCUT2D eigenvalue weighted by Gasteiger charge is -2.25. The number of hydrogen-bond acceptors (Lipinski definition) is 4. The quantitative estimate of drug-likeness (QED) is 0.165. The van der Waals surface area contributed by atoms with Crippen LogP contribution >= 0.6 is 0 Å². The highest BCUT2D eigenvalue weighted by atomic mass is 16.3. The van der Waals surface area contributed by atoms with E-state index in [0.717, 1.165) is 104 Å². The Bertz CT molecular complexity index is 4670. The van der Waals surface area contributed by atoms with Gasteiger partial charge in [0, 0.05) is 65.0 Å². The van der Waals surface area contributed by atoms with E-state index in [-0.39, 0.29) is 0 Å². The second-order valence-corrected chi connectivity index (χ2v) is 17.6. The van der Waals surface area contributed by atoms with E-state index >= 15 is 0 Å². The van der Waals surface area contributed by atoms with Crippen molar-refractivity contribution in [2.24, 2.45) is 0 Å². The molecule has 0 spiro atoms. The molecule has 318 valence electrons. The lowest BCUT2D eigenvalue weighted by molar-refractivity contribution is 0.669. The van der Waals surface area contributed by atoms with Gasteiger partial charge < -0.3 is 22.4 Å². The molecule has 15 rings (SSSR count). The standard InChI is InChI=1S/C62H32N4O3/c1-64-54-52(35-16-4-2-5-17-35)47(34-63)55(65-48-24-12-8-20-37(48)41-28-31-44-38-21-9-13-25-49(38)67-60(44)56(41)65)53(36-18-6-3-7-19-36)59(54)66-57-42(29-32-45-39-22-10-14-26-50(39)68-61(45)57)43-30-33-46-40-23-11-15-27-51(40)69-62(46)58(43)66/h2-33H. The van der Waals surface area contributed by atoms with Gasteiger partial charge in [-0.05, 0) is 53.6 Å². The number of para-hydroxylation sites is 4. The highest BCUT2D eigenvalue weighted by Crippen LogP contribution is 2.54. The minimum absolute atomic E-state index is 0.315. The largest absolute Gasteiger partial charge is 0.454 e. The molecule has 7 heteroatoms. The second kappa shape index (κ2) is 13.9. The number of nitrogens with zero attached hydrogens (tertiary/aromatic N) is 4. The van der Waals surface area contributed by atoms with Crippen molar-refractivity contribution in [1.82, 2.24) is 9.13 Å². The predicted octanol–water partition coefficient (Wildman–Crippen LogP) is 17.3. The van der Waals surface area contributed by atoms with E-state index < -0.39 is 0 Å². The van der Waals surface area contributed by atoms with Crippen LogP contribution in [0.3, 0.4) is 0 Å². The topological polar surface area (TPSA) is 77.4 Å². The van der Waals surface area contributed by atoms with Gasteiger partial charge in [0.15, 0.2) is 16.7 Å². The van der Waals surface area contributed by atoms with Gasteiger partial charge in [0.05, 0.1) is 45.6 Å². The lowest BCUT2D eigenvalue weighted by atomic mass is 9.88. The van der Waals surface area contributed by atoms with Crippen LogP contribution < -0.4 is 0 Å². The first-order valence-electron chi connectivity index (χ1n) is 22.9. The fourth-order valence-corrected chi connectivity index (χ4v) is 11.4. The first-order valence-corrected chi connectivity index (χ1v) is 22.9. The van der Waals surface area contributed by atoms with E-state index in [0.29, 0.717) is 50.5 Å². The van der Waals surface area contributed by atoms with Crippen LogP contribution in [0.5, 0.6) is 0 Å². The molecule has 0 saturated carbocycles. The fourth-order valence-electron chi connectivity index (χ4n) is 11.4. The van der Waals surface area contributed by atoms with E-state index in [2.05, 4.69) is 105 Å². The summed E-state index contributed by atoms with van der Waals surface area (Å²) in [5, 5.41) is 21.7. The molecule has 10 aromatic carbocycles. The first kappa shape index (κ1) is 37.4. The molecule has 0 aliphatic rings. The second-order valence-electron chi connectivity index (χ2n) is 17.6. The molecular formula is C62H32N4O3. The zero-order valence-corrected chi connectivity index (χ0v) is 36.5. The molecule has 5 aromatic heterocycles. The van der Waals surface area contributed by atoms with Crippen LogP contribution in [0.25, 0.3) is 148 Å². The zero-order valence-electron chi connectivity index (χ0n) is 36.5. The van der Waals surface area contributed by atoms with Gasteiger partial charge in [0.2, 0.25) is 5.69 Å². The van der Waals surface area contributed by atoms with Crippen molar-refractivity contribution in [2.75, 3.05) is 0 Å². The molecule has 15 aromatic rings. The van der Waals surface area contributed by atoms with E-state index in [1.807, 2.05) is 109 Å². The number of benzene rings is 10. The average molecular weight is 881 g/mol. The van der Waals surface area contributed by atoms with Crippen LogP contribution in [0.15, 0.2) is 207 Å². The van der Waals surface area contributed by atoms with E-state index in [1.165, 1.54) is 0 Å². The molecule has 0 radical (unpaired) electrons. The summed E-state index contributed by atoms with van der Waals surface area (Å²) in [7, 11) is 0.